The number of nitrogens with one attached hydrogen (secondary N) is 1. The van der Waals surface area contributed by atoms with Crippen LogP contribution in [0.3, 0.4) is 0 Å². The van der Waals surface area contributed by atoms with Gasteiger partial charge < -0.3 is 19.2 Å². The first kappa shape index (κ1) is 25.0. The van der Waals surface area contributed by atoms with Crippen molar-refractivity contribution in [2.75, 3.05) is 19.0 Å². The van der Waals surface area contributed by atoms with Gasteiger partial charge in [-0.3, -0.25) is 14.5 Å². The maximum atomic E-state index is 12.8. The number of methoxy groups -OCH3 is 1. The highest BCUT2D eigenvalue weighted by Crippen LogP contribution is 2.35. The van der Waals surface area contributed by atoms with E-state index in [9.17, 15) is 9.59 Å². The predicted molar refractivity (Wildman–Crippen MR) is 143 cm³/mol. The molecule has 2 heterocycles. The Bertz CT molecular complexity index is 1310. The Hall–Kier alpha value is -3.08. The fraction of sp³-hybridized carbons (Fsp3) is 0.160. The minimum absolute atomic E-state index is 0.184. The molecule has 1 fully saturated rings. The molecular weight excluding hydrogens is 552 g/mol. The number of furan rings is 1. The van der Waals surface area contributed by atoms with E-state index >= 15 is 0 Å². The van der Waals surface area contributed by atoms with E-state index in [1.807, 2.05) is 25.1 Å². The number of hydrogen-bond acceptors (Lipinski definition) is 7. The third kappa shape index (κ3) is 6.14. The van der Waals surface area contributed by atoms with E-state index in [1.165, 1.54) is 23.8 Å². The van der Waals surface area contributed by atoms with Crippen LogP contribution in [0, 0.1) is 6.92 Å². The van der Waals surface area contributed by atoms with Gasteiger partial charge in [0.15, 0.2) is 18.1 Å². The van der Waals surface area contributed by atoms with Gasteiger partial charge in [0, 0.05) is 10.2 Å². The summed E-state index contributed by atoms with van der Waals surface area (Å²) in [4.78, 5) is 27.2. The summed E-state index contributed by atoms with van der Waals surface area (Å²) in [5.74, 6) is 1.04. The Morgan fingerprint density at radius 1 is 1.23 bits per heavy atom. The first-order valence-electron chi connectivity index (χ1n) is 10.5. The molecule has 0 spiro atoms. The zero-order valence-corrected chi connectivity index (χ0v) is 22.1. The number of halogens is 1. The molecule has 1 aliphatic rings. The number of aryl methyl sites for hydroxylation is 1. The van der Waals surface area contributed by atoms with Crippen molar-refractivity contribution in [3.63, 3.8) is 0 Å². The molecule has 0 saturated carbocycles. The summed E-state index contributed by atoms with van der Waals surface area (Å²) in [6.45, 7) is 2.04. The average Bonchev–Trinajstić information content (AvgIpc) is 3.44. The van der Waals surface area contributed by atoms with Gasteiger partial charge in [-0.15, -0.1) is 0 Å². The molecule has 0 bridgehead atoms. The monoisotopic (exact) mass is 572 g/mol. The average molecular weight is 573 g/mol. The number of anilines is 1. The number of benzene rings is 2. The van der Waals surface area contributed by atoms with Gasteiger partial charge in [0.1, 0.15) is 10.1 Å². The maximum absolute atomic E-state index is 12.8. The summed E-state index contributed by atoms with van der Waals surface area (Å²) in [7, 11) is 1.51. The van der Waals surface area contributed by atoms with Gasteiger partial charge in [-0.1, -0.05) is 46.0 Å². The van der Waals surface area contributed by atoms with Crippen molar-refractivity contribution in [2.45, 2.75) is 13.5 Å². The molecule has 2 aromatic carbocycles. The zero-order valence-electron chi connectivity index (χ0n) is 18.9. The summed E-state index contributed by atoms with van der Waals surface area (Å²) < 4.78 is 17.9. The number of ether oxygens (including phenoxy) is 2. The number of nitrogens with zero attached hydrogens (tertiary/aromatic N) is 1. The van der Waals surface area contributed by atoms with Crippen molar-refractivity contribution in [2.24, 2.45) is 0 Å². The van der Waals surface area contributed by atoms with Crippen LogP contribution in [0.15, 0.2) is 68.6 Å². The number of carbonyl (C=O) groups excluding carboxylic acids is 2. The summed E-state index contributed by atoms with van der Waals surface area (Å²) in [5.41, 5.74) is 2.44. The summed E-state index contributed by atoms with van der Waals surface area (Å²) in [6.07, 6.45) is 3.31. The molecule has 10 heteroatoms. The minimum Gasteiger partial charge on any atom is -0.493 e. The van der Waals surface area contributed by atoms with Crippen LogP contribution in [-0.4, -0.2) is 34.8 Å². The van der Waals surface area contributed by atoms with Crippen molar-refractivity contribution >= 4 is 67.8 Å². The lowest BCUT2D eigenvalue weighted by Crippen LogP contribution is -2.27. The maximum Gasteiger partial charge on any atom is 0.266 e. The second-order valence-corrected chi connectivity index (χ2v) is 10.1. The quantitative estimate of drug-likeness (QED) is 0.270. The van der Waals surface area contributed by atoms with Gasteiger partial charge >= 0.3 is 0 Å². The second kappa shape index (κ2) is 11.1. The fourth-order valence-corrected chi connectivity index (χ4v) is 4.80. The molecule has 0 radical (unpaired) electrons. The number of rotatable bonds is 8. The molecule has 180 valence electrons. The molecule has 1 aromatic heterocycles. The van der Waals surface area contributed by atoms with Crippen molar-refractivity contribution in [3.8, 4) is 11.5 Å². The van der Waals surface area contributed by atoms with Gasteiger partial charge in [0.2, 0.25) is 0 Å². The van der Waals surface area contributed by atoms with Crippen LogP contribution in [0.1, 0.15) is 16.9 Å². The van der Waals surface area contributed by atoms with E-state index in [4.69, 9.17) is 26.1 Å². The van der Waals surface area contributed by atoms with Crippen LogP contribution >= 0.6 is 39.9 Å². The molecule has 1 saturated heterocycles. The Kier molecular flexibility index (Phi) is 7.94. The lowest BCUT2D eigenvalue weighted by molar-refractivity contribution is -0.122. The van der Waals surface area contributed by atoms with E-state index in [2.05, 4.69) is 21.2 Å². The standard InChI is InChI=1S/C25H21BrN2O5S2/c1-15-10-17(6-7-19(15)26)27-23(29)14-33-20-8-5-16(11-21(20)31-2)12-22-24(30)28(25(34)35-22)13-18-4-3-9-32-18/h3-12H,13-14H2,1-2H3,(H,27,29)/b22-12-. The summed E-state index contributed by atoms with van der Waals surface area (Å²) >= 11 is 10.0. The van der Waals surface area contributed by atoms with Gasteiger partial charge in [0.25, 0.3) is 11.8 Å². The van der Waals surface area contributed by atoms with E-state index < -0.39 is 0 Å². The van der Waals surface area contributed by atoms with Crippen molar-refractivity contribution in [1.82, 2.24) is 4.90 Å². The van der Waals surface area contributed by atoms with E-state index in [0.717, 1.165) is 15.6 Å². The van der Waals surface area contributed by atoms with Crippen LogP contribution in [0.25, 0.3) is 6.08 Å². The fourth-order valence-electron chi connectivity index (χ4n) is 3.30. The third-order valence-electron chi connectivity index (χ3n) is 5.05. The smallest absolute Gasteiger partial charge is 0.266 e. The van der Waals surface area contributed by atoms with Gasteiger partial charge in [0.05, 0.1) is 24.8 Å². The van der Waals surface area contributed by atoms with Crippen molar-refractivity contribution < 1.29 is 23.5 Å². The molecule has 0 aliphatic carbocycles. The normalized spacial score (nSPS) is 14.5. The molecular formula is C25H21BrN2O5S2. The molecule has 4 rings (SSSR count). The van der Waals surface area contributed by atoms with Crippen molar-refractivity contribution in [3.05, 3.63) is 81.1 Å². The zero-order chi connectivity index (χ0) is 24.9. The molecule has 1 aliphatic heterocycles. The van der Waals surface area contributed by atoms with Crippen molar-refractivity contribution in [1.29, 1.82) is 0 Å². The Morgan fingerprint density at radius 2 is 2.06 bits per heavy atom. The van der Waals surface area contributed by atoms with E-state index in [1.54, 1.807) is 42.7 Å². The topological polar surface area (TPSA) is 81.0 Å². The second-order valence-electron chi connectivity index (χ2n) is 7.56. The minimum atomic E-state index is -0.293. The van der Waals surface area contributed by atoms with Gasteiger partial charge in [-0.05, 0) is 66.6 Å². The molecule has 2 amide bonds. The van der Waals surface area contributed by atoms with Crippen LogP contribution in [0.4, 0.5) is 5.69 Å². The molecule has 0 unspecified atom stereocenters. The summed E-state index contributed by atoms with van der Waals surface area (Å²) in [6, 6.07) is 14.3. The highest BCUT2D eigenvalue weighted by atomic mass is 79.9. The van der Waals surface area contributed by atoms with E-state index in [0.29, 0.717) is 32.2 Å². The third-order valence-corrected chi connectivity index (χ3v) is 7.32. The van der Waals surface area contributed by atoms with Crippen LogP contribution in [0.5, 0.6) is 11.5 Å². The van der Waals surface area contributed by atoms with Crippen LogP contribution in [-0.2, 0) is 16.1 Å². The van der Waals surface area contributed by atoms with Gasteiger partial charge in [-0.25, -0.2) is 0 Å². The molecule has 3 aromatic rings. The highest BCUT2D eigenvalue weighted by molar-refractivity contribution is 9.10. The number of thioether (sulfide) groups is 1. The lowest BCUT2D eigenvalue weighted by atomic mass is 10.2. The Labute approximate surface area is 220 Å². The first-order chi connectivity index (χ1) is 16.8. The Morgan fingerprint density at radius 3 is 2.77 bits per heavy atom. The number of hydrogen-bond donors (Lipinski definition) is 1. The largest absolute Gasteiger partial charge is 0.493 e. The number of thiocarbonyl (C=S) groups is 1. The molecule has 7 nitrogen and oxygen atoms in total. The van der Waals surface area contributed by atoms with Crippen LogP contribution < -0.4 is 14.8 Å². The SMILES string of the molecule is COc1cc(/C=C2\SC(=S)N(Cc3ccco3)C2=O)ccc1OCC(=O)Nc1ccc(Br)c(C)c1. The number of amides is 2. The molecule has 1 N–H and O–H groups in total. The predicted octanol–water partition coefficient (Wildman–Crippen LogP) is 5.78. The number of carbonyl (C=O) groups is 2. The first-order valence-corrected chi connectivity index (χ1v) is 12.5. The van der Waals surface area contributed by atoms with Crippen LogP contribution in [0.2, 0.25) is 0 Å². The molecule has 0 atom stereocenters. The van der Waals surface area contributed by atoms with Gasteiger partial charge in [-0.2, -0.15) is 0 Å². The lowest BCUT2D eigenvalue weighted by Gasteiger charge is -2.12. The summed E-state index contributed by atoms with van der Waals surface area (Å²) in [5, 5.41) is 2.81. The highest BCUT2D eigenvalue weighted by Gasteiger charge is 2.32. The Balaban J connectivity index is 1.41. The molecule has 35 heavy (non-hydrogen) atoms. The van der Waals surface area contributed by atoms with E-state index in [-0.39, 0.29) is 25.0 Å².